The van der Waals surface area contributed by atoms with Gasteiger partial charge in [0.25, 0.3) is 0 Å². The smallest absolute Gasteiger partial charge is 0.136 e. The van der Waals surface area contributed by atoms with E-state index in [2.05, 4.69) is 27.0 Å². The van der Waals surface area contributed by atoms with E-state index in [-0.39, 0.29) is 0 Å². The third-order valence-electron chi connectivity index (χ3n) is 1.90. The van der Waals surface area contributed by atoms with Crippen LogP contribution in [-0.2, 0) is 0 Å². The molecule has 2 aromatic heterocycles. The molecule has 0 spiro atoms. The van der Waals surface area contributed by atoms with Crippen molar-refractivity contribution in [1.82, 2.24) is 15.2 Å². The fourth-order valence-corrected chi connectivity index (χ4v) is 1.12. The number of pyridine rings is 1. The van der Waals surface area contributed by atoms with Gasteiger partial charge in [0.15, 0.2) is 0 Å². The molecular weight excluding hydrogens is 186 g/mol. The van der Waals surface area contributed by atoms with Crippen LogP contribution in [0.15, 0.2) is 36.7 Å². The number of rotatable bonds is 0. The van der Waals surface area contributed by atoms with Gasteiger partial charge in [-0.2, -0.15) is 5.10 Å². The summed E-state index contributed by atoms with van der Waals surface area (Å²) < 4.78 is 0. The van der Waals surface area contributed by atoms with Gasteiger partial charge < -0.3 is 0 Å². The zero-order chi connectivity index (χ0) is 10.5. The van der Waals surface area contributed by atoms with Crippen LogP contribution in [0.2, 0.25) is 0 Å². The molecule has 2 heterocycles. The SMILES string of the molecule is Cc1ncccc1C#Cc1cccnn1. The molecule has 15 heavy (non-hydrogen) atoms. The molecule has 2 rings (SSSR count). The van der Waals surface area contributed by atoms with Gasteiger partial charge in [-0.25, -0.2) is 0 Å². The Morgan fingerprint density at radius 1 is 1.07 bits per heavy atom. The predicted molar refractivity (Wildman–Crippen MR) is 57.0 cm³/mol. The fraction of sp³-hybridized carbons (Fsp3) is 0.0833. The highest BCUT2D eigenvalue weighted by atomic mass is 15.1. The summed E-state index contributed by atoms with van der Waals surface area (Å²) in [5.41, 5.74) is 2.51. The summed E-state index contributed by atoms with van der Waals surface area (Å²) in [4.78, 5) is 4.15. The molecule has 0 unspecified atom stereocenters. The lowest BCUT2D eigenvalue weighted by molar-refractivity contribution is 1.01. The van der Waals surface area contributed by atoms with Crippen molar-refractivity contribution in [2.24, 2.45) is 0 Å². The van der Waals surface area contributed by atoms with E-state index in [1.165, 1.54) is 0 Å². The average Bonchev–Trinajstić information content (AvgIpc) is 2.29. The van der Waals surface area contributed by atoms with Gasteiger partial charge in [0.1, 0.15) is 5.69 Å². The van der Waals surface area contributed by atoms with Crippen LogP contribution in [0.25, 0.3) is 0 Å². The van der Waals surface area contributed by atoms with Crippen LogP contribution < -0.4 is 0 Å². The summed E-state index contributed by atoms with van der Waals surface area (Å²) >= 11 is 0. The van der Waals surface area contributed by atoms with Gasteiger partial charge in [0, 0.05) is 18.0 Å². The zero-order valence-corrected chi connectivity index (χ0v) is 8.31. The van der Waals surface area contributed by atoms with Gasteiger partial charge in [-0.1, -0.05) is 5.92 Å². The monoisotopic (exact) mass is 195 g/mol. The number of hydrogen-bond donors (Lipinski definition) is 0. The second-order valence-electron chi connectivity index (χ2n) is 3.00. The molecule has 0 saturated heterocycles. The molecule has 0 aromatic carbocycles. The highest BCUT2D eigenvalue weighted by molar-refractivity contribution is 5.41. The van der Waals surface area contributed by atoms with E-state index >= 15 is 0 Å². The highest BCUT2D eigenvalue weighted by Crippen LogP contribution is 2.01. The Bertz CT molecular complexity index is 509. The highest BCUT2D eigenvalue weighted by Gasteiger charge is 1.92. The molecule has 0 fully saturated rings. The van der Waals surface area contributed by atoms with Crippen molar-refractivity contribution in [3.63, 3.8) is 0 Å². The van der Waals surface area contributed by atoms with Gasteiger partial charge >= 0.3 is 0 Å². The molecule has 0 aliphatic heterocycles. The number of nitrogens with zero attached hydrogens (tertiary/aromatic N) is 3. The molecule has 0 N–H and O–H groups in total. The lowest BCUT2D eigenvalue weighted by Crippen LogP contribution is -1.87. The second-order valence-corrected chi connectivity index (χ2v) is 3.00. The van der Waals surface area contributed by atoms with Crippen LogP contribution in [0.1, 0.15) is 17.0 Å². The van der Waals surface area contributed by atoms with E-state index in [9.17, 15) is 0 Å². The van der Waals surface area contributed by atoms with Crippen molar-refractivity contribution in [1.29, 1.82) is 0 Å². The Balaban J connectivity index is 2.31. The molecule has 72 valence electrons. The molecule has 3 nitrogen and oxygen atoms in total. The zero-order valence-electron chi connectivity index (χ0n) is 8.31. The summed E-state index contributed by atoms with van der Waals surface area (Å²) in [5, 5.41) is 7.63. The Kier molecular flexibility index (Phi) is 2.70. The van der Waals surface area contributed by atoms with Gasteiger partial charge in [-0.05, 0) is 37.1 Å². The summed E-state index contributed by atoms with van der Waals surface area (Å²) in [5.74, 6) is 5.95. The van der Waals surface area contributed by atoms with Crippen molar-refractivity contribution in [3.8, 4) is 11.8 Å². The Labute approximate surface area is 88.2 Å². The van der Waals surface area contributed by atoms with Crippen molar-refractivity contribution >= 4 is 0 Å². The van der Waals surface area contributed by atoms with Crippen LogP contribution in [0, 0.1) is 18.8 Å². The Hall–Kier alpha value is -2.21. The van der Waals surface area contributed by atoms with E-state index in [4.69, 9.17) is 0 Å². The molecule has 0 aliphatic carbocycles. The van der Waals surface area contributed by atoms with Gasteiger partial charge in [0.2, 0.25) is 0 Å². The minimum atomic E-state index is 0.667. The van der Waals surface area contributed by atoms with E-state index in [1.54, 1.807) is 12.4 Å². The molecule has 0 amide bonds. The first-order valence-electron chi connectivity index (χ1n) is 4.57. The van der Waals surface area contributed by atoms with Gasteiger partial charge in [0.05, 0.1) is 5.69 Å². The molecule has 2 aromatic rings. The Morgan fingerprint density at radius 2 is 1.93 bits per heavy atom. The first-order valence-corrected chi connectivity index (χ1v) is 4.57. The Morgan fingerprint density at radius 3 is 2.67 bits per heavy atom. The van der Waals surface area contributed by atoms with Gasteiger partial charge in [-0.15, -0.1) is 5.10 Å². The summed E-state index contributed by atoms with van der Waals surface area (Å²) in [6, 6.07) is 7.44. The topological polar surface area (TPSA) is 38.7 Å². The lowest BCUT2D eigenvalue weighted by atomic mass is 10.2. The fourth-order valence-electron chi connectivity index (χ4n) is 1.12. The molecule has 3 heteroatoms. The molecule has 0 bridgehead atoms. The summed E-state index contributed by atoms with van der Waals surface area (Å²) in [6.07, 6.45) is 3.38. The normalized spacial score (nSPS) is 9.13. The largest absolute Gasteiger partial charge is 0.260 e. The number of aromatic nitrogens is 3. The van der Waals surface area contributed by atoms with Crippen molar-refractivity contribution in [3.05, 3.63) is 53.6 Å². The quantitative estimate of drug-likeness (QED) is 0.599. The molecule has 0 atom stereocenters. The van der Waals surface area contributed by atoms with Crippen molar-refractivity contribution in [2.45, 2.75) is 6.92 Å². The minimum Gasteiger partial charge on any atom is -0.260 e. The maximum atomic E-state index is 4.15. The van der Waals surface area contributed by atoms with Crippen LogP contribution in [0.4, 0.5) is 0 Å². The van der Waals surface area contributed by atoms with E-state index in [0.29, 0.717) is 5.69 Å². The molecule has 0 aliphatic rings. The van der Waals surface area contributed by atoms with Crippen molar-refractivity contribution < 1.29 is 0 Å². The van der Waals surface area contributed by atoms with Crippen LogP contribution in [-0.4, -0.2) is 15.2 Å². The third-order valence-corrected chi connectivity index (χ3v) is 1.90. The maximum Gasteiger partial charge on any atom is 0.136 e. The lowest BCUT2D eigenvalue weighted by Gasteiger charge is -1.93. The first kappa shape index (κ1) is 9.35. The van der Waals surface area contributed by atoms with E-state index in [0.717, 1.165) is 11.3 Å². The standard InChI is InChI=1S/C12H9N3/c1-10-11(4-2-8-13-10)6-7-12-5-3-9-14-15-12/h2-5,8-9H,1H3. The maximum absolute atomic E-state index is 4.15. The van der Waals surface area contributed by atoms with E-state index < -0.39 is 0 Å². The van der Waals surface area contributed by atoms with Crippen molar-refractivity contribution in [2.75, 3.05) is 0 Å². The van der Waals surface area contributed by atoms with E-state index in [1.807, 2.05) is 31.2 Å². The van der Waals surface area contributed by atoms with Crippen LogP contribution >= 0.6 is 0 Å². The summed E-state index contributed by atoms with van der Waals surface area (Å²) in [6.45, 7) is 1.93. The number of aryl methyl sites for hydroxylation is 1. The van der Waals surface area contributed by atoms with Gasteiger partial charge in [-0.3, -0.25) is 4.98 Å². The van der Waals surface area contributed by atoms with Crippen LogP contribution in [0.3, 0.4) is 0 Å². The molecule has 0 saturated carbocycles. The van der Waals surface area contributed by atoms with Crippen LogP contribution in [0.5, 0.6) is 0 Å². The average molecular weight is 195 g/mol. The number of hydrogen-bond acceptors (Lipinski definition) is 3. The first-order chi connectivity index (χ1) is 7.36. The second kappa shape index (κ2) is 4.34. The third kappa shape index (κ3) is 2.38. The minimum absolute atomic E-state index is 0.667. The summed E-state index contributed by atoms with van der Waals surface area (Å²) in [7, 11) is 0. The molecular formula is C12H9N3. The molecule has 0 radical (unpaired) electrons. The predicted octanol–water partition coefficient (Wildman–Crippen LogP) is 1.58.